The average Bonchev–Trinajstić information content (AvgIpc) is 2.52. The summed E-state index contributed by atoms with van der Waals surface area (Å²) in [5.41, 5.74) is 2.83. The molecule has 2 rings (SSSR count). The molecule has 1 aromatic rings. The van der Waals surface area contributed by atoms with Gasteiger partial charge in [-0.15, -0.1) is 0 Å². The van der Waals surface area contributed by atoms with E-state index in [0.29, 0.717) is 12.1 Å². The highest BCUT2D eigenvalue weighted by Gasteiger charge is 2.23. The monoisotopic (exact) mass is 291 g/mol. The van der Waals surface area contributed by atoms with Crippen molar-refractivity contribution >= 4 is 0 Å². The second kappa shape index (κ2) is 8.52. The van der Waals surface area contributed by atoms with Gasteiger partial charge in [0.25, 0.3) is 0 Å². The average molecular weight is 291 g/mol. The maximum atomic E-state index is 6.04. The molecule has 1 aliphatic rings. The largest absolute Gasteiger partial charge is 0.382 e. The van der Waals surface area contributed by atoms with Gasteiger partial charge in [0, 0.05) is 13.2 Å². The van der Waals surface area contributed by atoms with Crippen molar-refractivity contribution in [2.75, 3.05) is 20.3 Å². The molecule has 3 atom stereocenters. The molecule has 0 bridgehead atoms. The zero-order valence-corrected chi connectivity index (χ0v) is 13.6. The first-order chi connectivity index (χ1) is 10.2. The Morgan fingerprint density at radius 2 is 2.14 bits per heavy atom. The van der Waals surface area contributed by atoms with Crippen LogP contribution in [-0.2, 0) is 15.9 Å². The number of ether oxygens (including phenoxy) is 2. The molecule has 0 saturated carbocycles. The van der Waals surface area contributed by atoms with E-state index in [-0.39, 0.29) is 6.10 Å². The molecule has 118 valence electrons. The second-order valence-electron chi connectivity index (χ2n) is 5.92. The van der Waals surface area contributed by atoms with E-state index in [1.54, 1.807) is 7.11 Å². The van der Waals surface area contributed by atoms with Crippen LogP contribution in [0.15, 0.2) is 24.3 Å². The summed E-state index contributed by atoms with van der Waals surface area (Å²) in [6.45, 7) is 6.15. The Kier molecular flexibility index (Phi) is 6.68. The second-order valence-corrected chi connectivity index (χ2v) is 5.92. The molecule has 0 spiro atoms. The van der Waals surface area contributed by atoms with Crippen LogP contribution in [0, 0.1) is 0 Å². The summed E-state index contributed by atoms with van der Waals surface area (Å²) in [4.78, 5) is 0. The van der Waals surface area contributed by atoms with Crippen LogP contribution in [-0.4, -0.2) is 32.4 Å². The van der Waals surface area contributed by atoms with Crippen molar-refractivity contribution in [1.29, 1.82) is 0 Å². The number of hydrogen-bond donors (Lipinski definition) is 1. The van der Waals surface area contributed by atoms with E-state index in [1.807, 2.05) is 0 Å². The Hall–Kier alpha value is -0.900. The molecule has 0 amide bonds. The number of rotatable bonds is 8. The van der Waals surface area contributed by atoms with Gasteiger partial charge in [0.15, 0.2) is 0 Å². The molecule has 1 N–H and O–H groups in total. The van der Waals surface area contributed by atoms with Crippen molar-refractivity contribution < 1.29 is 9.47 Å². The minimum Gasteiger partial charge on any atom is -0.382 e. The molecule has 1 aliphatic heterocycles. The van der Waals surface area contributed by atoms with Crippen LogP contribution in [0.2, 0.25) is 0 Å². The Bertz CT molecular complexity index is 421. The third-order valence-electron chi connectivity index (χ3n) is 4.41. The summed E-state index contributed by atoms with van der Waals surface area (Å²) in [5, 5.41) is 3.60. The van der Waals surface area contributed by atoms with Crippen molar-refractivity contribution in [3.63, 3.8) is 0 Å². The Labute approximate surface area is 129 Å². The fourth-order valence-electron chi connectivity index (χ4n) is 3.08. The van der Waals surface area contributed by atoms with E-state index < -0.39 is 0 Å². The highest BCUT2D eigenvalue weighted by atomic mass is 16.5. The first-order valence-electron chi connectivity index (χ1n) is 8.20. The maximum absolute atomic E-state index is 6.04. The van der Waals surface area contributed by atoms with Gasteiger partial charge in [-0.25, -0.2) is 0 Å². The van der Waals surface area contributed by atoms with Gasteiger partial charge in [0.1, 0.15) is 0 Å². The number of nitrogens with one attached hydrogen (secondary N) is 1. The van der Waals surface area contributed by atoms with E-state index in [1.165, 1.54) is 11.1 Å². The molecule has 0 aliphatic carbocycles. The van der Waals surface area contributed by atoms with Gasteiger partial charge in [-0.1, -0.05) is 31.2 Å². The normalized spacial score (nSPS) is 20.8. The Morgan fingerprint density at radius 1 is 1.33 bits per heavy atom. The number of methoxy groups -OCH3 is 1. The van der Waals surface area contributed by atoms with E-state index >= 15 is 0 Å². The lowest BCUT2D eigenvalue weighted by Crippen LogP contribution is -2.33. The third-order valence-corrected chi connectivity index (χ3v) is 4.41. The zero-order valence-electron chi connectivity index (χ0n) is 13.6. The van der Waals surface area contributed by atoms with Crippen LogP contribution < -0.4 is 5.32 Å². The molecule has 3 heteroatoms. The van der Waals surface area contributed by atoms with E-state index in [9.17, 15) is 0 Å². The SMILES string of the molecule is CCNC(CCC(C)OC)CC1OCCc2ccccc21. The zero-order chi connectivity index (χ0) is 15.1. The van der Waals surface area contributed by atoms with Gasteiger partial charge >= 0.3 is 0 Å². The molecule has 1 heterocycles. The van der Waals surface area contributed by atoms with Crippen LogP contribution >= 0.6 is 0 Å². The molecule has 0 aromatic heterocycles. The summed E-state index contributed by atoms with van der Waals surface area (Å²) >= 11 is 0. The fraction of sp³-hybridized carbons (Fsp3) is 0.667. The lowest BCUT2D eigenvalue weighted by Gasteiger charge is -2.30. The molecule has 1 aromatic carbocycles. The van der Waals surface area contributed by atoms with Crippen LogP contribution in [0.5, 0.6) is 0 Å². The molecular formula is C18H29NO2. The van der Waals surface area contributed by atoms with Crippen molar-refractivity contribution in [3.05, 3.63) is 35.4 Å². The topological polar surface area (TPSA) is 30.5 Å². The van der Waals surface area contributed by atoms with Gasteiger partial charge in [0.05, 0.1) is 18.8 Å². The van der Waals surface area contributed by atoms with Crippen molar-refractivity contribution in [1.82, 2.24) is 5.32 Å². The van der Waals surface area contributed by atoms with Gasteiger partial charge in [-0.05, 0) is 50.3 Å². The molecule has 21 heavy (non-hydrogen) atoms. The highest BCUT2D eigenvalue weighted by molar-refractivity contribution is 5.31. The molecule has 3 unspecified atom stereocenters. The van der Waals surface area contributed by atoms with Gasteiger partial charge in [0.2, 0.25) is 0 Å². The van der Waals surface area contributed by atoms with Crippen molar-refractivity contribution in [2.45, 2.75) is 57.8 Å². The standard InChI is InChI=1S/C18H29NO2/c1-4-19-16(10-9-14(2)20-3)13-18-17-8-6-5-7-15(17)11-12-21-18/h5-8,14,16,18-19H,4,9-13H2,1-3H3. The predicted molar refractivity (Wildman–Crippen MR) is 86.6 cm³/mol. The van der Waals surface area contributed by atoms with Crippen molar-refractivity contribution in [2.24, 2.45) is 0 Å². The first-order valence-corrected chi connectivity index (χ1v) is 8.20. The Morgan fingerprint density at radius 3 is 2.90 bits per heavy atom. The lowest BCUT2D eigenvalue weighted by atomic mass is 9.92. The smallest absolute Gasteiger partial charge is 0.0842 e. The van der Waals surface area contributed by atoms with Crippen LogP contribution in [0.1, 0.15) is 50.3 Å². The predicted octanol–water partition coefficient (Wildman–Crippen LogP) is 3.48. The Balaban J connectivity index is 1.97. The number of fused-ring (bicyclic) bond motifs is 1. The minimum absolute atomic E-state index is 0.233. The molecule has 0 fully saturated rings. The van der Waals surface area contributed by atoms with Gasteiger partial charge in [-0.3, -0.25) is 0 Å². The summed E-state index contributed by atoms with van der Waals surface area (Å²) < 4.78 is 11.4. The molecule has 3 nitrogen and oxygen atoms in total. The van der Waals surface area contributed by atoms with E-state index in [4.69, 9.17) is 9.47 Å². The van der Waals surface area contributed by atoms with Crippen LogP contribution in [0.4, 0.5) is 0 Å². The van der Waals surface area contributed by atoms with E-state index in [2.05, 4.69) is 43.4 Å². The van der Waals surface area contributed by atoms with Crippen LogP contribution in [0.3, 0.4) is 0 Å². The highest BCUT2D eigenvalue weighted by Crippen LogP contribution is 2.31. The van der Waals surface area contributed by atoms with Gasteiger partial charge in [-0.2, -0.15) is 0 Å². The summed E-state index contributed by atoms with van der Waals surface area (Å²) in [6, 6.07) is 9.20. The first kappa shape index (κ1) is 16.5. The molecule has 0 saturated heterocycles. The quantitative estimate of drug-likeness (QED) is 0.795. The molecule has 0 radical (unpaired) electrons. The van der Waals surface area contributed by atoms with Crippen molar-refractivity contribution in [3.8, 4) is 0 Å². The summed E-state index contributed by atoms with van der Waals surface area (Å²) in [7, 11) is 1.79. The van der Waals surface area contributed by atoms with Crippen LogP contribution in [0.25, 0.3) is 0 Å². The minimum atomic E-state index is 0.233. The van der Waals surface area contributed by atoms with E-state index in [0.717, 1.165) is 38.8 Å². The van der Waals surface area contributed by atoms with Gasteiger partial charge < -0.3 is 14.8 Å². The summed E-state index contributed by atoms with van der Waals surface area (Å²) in [5.74, 6) is 0. The fourth-order valence-corrected chi connectivity index (χ4v) is 3.08. The maximum Gasteiger partial charge on any atom is 0.0842 e. The lowest BCUT2D eigenvalue weighted by molar-refractivity contribution is 0.0270. The molecular weight excluding hydrogens is 262 g/mol. The number of benzene rings is 1. The summed E-state index contributed by atoms with van der Waals surface area (Å²) in [6.07, 6.45) is 4.86. The third kappa shape index (κ3) is 4.80. The number of hydrogen-bond acceptors (Lipinski definition) is 3.